The number of amides is 1. The SMILES string of the molecule is COc1ccc(C(C)=NNC(=O)c2ccc(-c3ccccc3)cc2)c(OC)c1. The van der Waals surface area contributed by atoms with Crippen molar-refractivity contribution in [3.05, 3.63) is 83.9 Å². The van der Waals surface area contributed by atoms with E-state index < -0.39 is 0 Å². The third kappa shape index (κ3) is 4.38. The number of rotatable bonds is 6. The maximum absolute atomic E-state index is 12.4. The van der Waals surface area contributed by atoms with Crippen molar-refractivity contribution in [3.63, 3.8) is 0 Å². The van der Waals surface area contributed by atoms with Crippen molar-refractivity contribution in [2.24, 2.45) is 5.10 Å². The molecular weight excluding hydrogens is 352 g/mol. The summed E-state index contributed by atoms with van der Waals surface area (Å²) in [6.07, 6.45) is 0. The smallest absolute Gasteiger partial charge is 0.271 e. The summed E-state index contributed by atoms with van der Waals surface area (Å²) in [7, 11) is 3.18. The molecule has 3 rings (SSSR count). The number of hydrogen-bond donors (Lipinski definition) is 1. The first-order valence-electron chi connectivity index (χ1n) is 8.85. The Bertz CT molecular complexity index is 980. The molecule has 5 heteroatoms. The first-order chi connectivity index (χ1) is 13.6. The van der Waals surface area contributed by atoms with E-state index in [1.54, 1.807) is 32.4 Å². The predicted octanol–water partition coefficient (Wildman–Crippen LogP) is 4.52. The Hall–Kier alpha value is -3.60. The standard InChI is InChI=1S/C23H22N2O3/c1-16(21-14-13-20(27-2)15-22(21)28-3)24-25-23(26)19-11-9-18(10-12-19)17-7-5-4-6-8-17/h4-15H,1-3H3,(H,25,26). The van der Waals surface area contributed by atoms with E-state index in [4.69, 9.17) is 9.47 Å². The van der Waals surface area contributed by atoms with E-state index in [1.165, 1.54) is 0 Å². The third-order valence-corrected chi connectivity index (χ3v) is 4.38. The van der Waals surface area contributed by atoms with Gasteiger partial charge in [-0.15, -0.1) is 0 Å². The van der Waals surface area contributed by atoms with E-state index in [-0.39, 0.29) is 5.91 Å². The van der Waals surface area contributed by atoms with Gasteiger partial charge in [0.1, 0.15) is 11.5 Å². The molecule has 0 atom stereocenters. The van der Waals surface area contributed by atoms with Crippen molar-refractivity contribution in [1.82, 2.24) is 5.43 Å². The summed E-state index contributed by atoms with van der Waals surface area (Å²) in [5.74, 6) is 1.05. The lowest BCUT2D eigenvalue weighted by Gasteiger charge is -2.10. The molecule has 0 aliphatic heterocycles. The van der Waals surface area contributed by atoms with E-state index in [1.807, 2.05) is 61.5 Å². The van der Waals surface area contributed by atoms with Crippen molar-refractivity contribution < 1.29 is 14.3 Å². The van der Waals surface area contributed by atoms with Gasteiger partial charge in [0.15, 0.2) is 0 Å². The van der Waals surface area contributed by atoms with E-state index in [9.17, 15) is 4.79 Å². The highest BCUT2D eigenvalue weighted by molar-refractivity contribution is 6.03. The van der Waals surface area contributed by atoms with Crippen molar-refractivity contribution in [2.75, 3.05) is 14.2 Å². The molecule has 1 amide bonds. The van der Waals surface area contributed by atoms with Crippen molar-refractivity contribution in [3.8, 4) is 22.6 Å². The van der Waals surface area contributed by atoms with E-state index >= 15 is 0 Å². The fraction of sp³-hybridized carbons (Fsp3) is 0.130. The minimum Gasteiger partial charge on any atom is -0.497 e. The zero-order valence-corrected chi connectivity index (χ0v) is 16.1. The molecule has 28 heavy (non-hydrogen) atoms. The molecule has 0 saturated heterocycles. The maximum atomic E-state index is 12.4. The first-order valence-corrected chi connectivity index (χ1v) is 8.85. The quantitative estimate of drug-likeness (QED) is 0.510. The largest absolute Gasteiger partial charge is 0.497 e. The molecule has 0 heterocycles. The Morgan fingerprint density at radius 1 is 0.857 bits per heavy atom. The van der Waals surface area contributed by atoms with Crippen LogP contribution in [0.4, 0.5) is 0 Å². The Morgan fingerprint density at radius 3 is 2.18 bits per heavy atom. The monoisotopic (exact) mass is 374 g/mol. The van der Waals surface area contributed by atoms with Gasteiger partial charge in [-0.05, 0) is 42.3 Å². The van der Waals surface area contributed by atoms with Crippen LogP contribution < -0.4 is 14.9 Å². The van der Waals surface area contributed by atoms with Gasteiger partial charge in [0.2, 0.25) is 0 Å². The summed E-state index contributed by atoms with van der Waals surface area (Å²) < 4.78 is 10.6. The van der Waals surface area contributed by atoms with Crippen LogP contribution in [0, 0.1) is 0 Å². The van der Waals surface area contributed by atoms with Crippen molar-refractivity contribution in [1.29, 1.82) is 0 Å². The molecule has 0 fully saturated rings. The molecule has 0 aliphatic carbocycles. The molecule has 0 saturated carbocycles. The van der Waals surface area contributed by atoms with Crippen LogP contribution in [0.3, 0.4) is 0 Å². The van der Waals surface area contributed by atoms with Crippen LogP contribution in [0.5, 0.6) is 11.5 Å². The lowest BCUT2D eigenvalue weighted by Crippen LogP contribution is -2.19. The molecule has 142 valence electrons. The minimum atomic E-state index is -0.272. The van der Waals surface area contributed by atoms with Crippen LogP contribution in [0.2, 0.25) is 0 Å². The second-order valence-corrected chi connectivity index (χ2v) is 6.15. The van der Waals surface area contributed by atoms with Crippen LogP contribution in [0.15, 0.2) is 77.9 Å². The summed E-state index contributed by atoms with van der Waals surface area (Å²) >= 11 is 0. The summed E-state index contributed by atoms with van der Waals surface area (Å²) in [5, 5.41) is 4.21. The van der Waals surface area contributed by atoms with Crippen LogP contribution in [0.25, 0.3) is 11.1 Å². The molecule has 0 unspecified atom stereocenters. The van der Waals surface area contributed by atoms with Gasteiger partial charge in [-0.2, -0.15) is 5.10 Å². The number of hydrogen-bond acceptors (Lipinski definition) is 4. The minimum absolute atomic E-state index is 0.272. The van der Waals surface area contributed by atoms with Crippen LogP contribution in [-0.2, 0) is 0 Å². The van der Waals surface area contributed by atoms with Crippen LogP contribution >= 0.6 is 0 Å². The predicted molar refractivity (Wildman–Crippen MR) is 111 cm³/mol. The first kappa shape index (κ1) is 19.2. The molecular formula is C23H22N2O3. The lowest BCUT2D eigenvalue weighted by molar-refractivity contribution is 0.0955. The fourth-order valence-corrected chi connectivity index (χ4v) is 2.80. The fourth-order valence-electron chi connectivity index (χ4n) is 2.80. The van der Waals surface area contributed by atoms with Crippen LogP contribution in [-0.4, -0.2) is 25.8 Å². The third-order valence-electron chi connectivity index (χ3n) is 4.38. The number of ether oxygens (including phenoxy) is 2. The molecule has 0 aliphatic rings. The van der Waals surface area contributed by atoms with E-state index in [0.29, 0.717) is 22.8 Å². The van der Waals surface area contributed by atoms with Gasteiger partial charge in [0.05, 0.1) is 19.9 Å². The van der Waals surface area contributed by atoms with Crippen molar-refractivity contribution >= 4 is 11.6 Å². The van der Waals surface area contributed by atoms with E-state index in [0.717, 1.165) is 16.7 Å². The topological polar surface area (TPSA) is 59.9 Å². The number of carbonyl (C=O) groups is 1. The van der Waals surface area contributed by atoms with Gasteiger partial charge in [0.25, 0.3) is 5.91 Å². The number of nitrogens with zero attached hydrogens (tertiary/aromatic N) is 1. The molecule has 0 spiro atoms. The molecule has 0 radical (unpaired) electrons. The Kier molecular flexibility index (Phi) is 6.07. The van der Waals surface area contributed by atoms with Gasteiger partial charge in [-0.1, -0.05) is 42.5 Å². The van der Waals surface area contributed by atoms with Gasteiger partial charge in [0, 0.05) is 17.2 Å². The Labute approximate surface area is 164 Å². The zero-order valence-electron chi connectivity index (χ0n) is 16.1. The number of carbonyl (C=O) groups excluding carboxylic acids is 1. The number of nitrogens with one attached hydrogen (secondary N) is 1. The lowest BCUT2D eigenvalue weighted by atomic mass is 10.0. The highest BCUT2D eigenvalue weighted by Crippen LogP contribution is 2.25. The normalized spacial score (nSPS) is 11.0. The summed E-state index contributed by atoms with van der Waals surface area (Å²) in [6, 6.07) is 22.9. The second-order valence-electron chi connectivity index (χ2n) is 6.15. The molecule has 3 aromatic carbocycles. The van der Waals surface area contributed by atoms with Crippen LogP contribution in [0.1, 0.15) is 22.8 Å². The van der Waals surface area contributed by atoms with Gasteiger partial charge in [-0.3, -0.25) is 4.79 Å². The highest BCUT2D eigenvalue weighted by Gasteiger charge is 2.10. The highest BCUT2D eigenvalue weighted by atomic mass is 16.5. The van der Waals surface area contributed by atoms with Crippen molar-refractivity contribution in [2.45, 2.75) is 6.92 Å². The van der Waals surface area contributed by atoms with Gasteiger partial charge >= 0.3 is 0 Å². The summed E-state index contributed by atoms with van der Waals surface area (Å²) in [6.45, 7) is 1.81. The average Bonchev–Trinajstić information content (AvgIpc) is 2.77. The zero-order chi connectivity index (χ0) is 19.9. The Morgan fingerprint density at radius 2 is 1.54 bits per heavy atom. The molecule has 1 N–H and O–H groups in total. The Balaban J connectivity index is 1.72. The summed E-state index contributed by atoms with van der Waals surface area (Å²) in [5.41, 5.74) is 6.71. The number of benzene rings is 3. The second kappa shape index (κ2) is 8.86. The average molecular weight is 374 g/mol. The summed E-state index contributed by atoms with van der Waals surface area (Å²) in [4.78, 5) is 12.4. The van der Waals surface area contributed by atoms with Gasteiger partial charge in [-0.25, -0.2) is 5.43 Å². The number of hydrazone groups is 1. The molecule has 0 aromatic heterocycles. The van der Waals surface area contributed by atoms with Gasteiger partial charge < -0.3 is 9.47 Å². The molecule has 5 nitrogen and oxygen atoms in total. The molecule has 3 aromatic rings. The maximum Gasteiger partial charge on any atom is 0.271 e. The molecule has 0 bridgehead atoms. The van der Waals surface area contributed by atoms with E-state index in [2.05, 4.69) is 10.5 Å². The number of methoxy groups -OCH3 is 2.